The number of anilines is 1. The van der Waals surface area contributed by atoms with Gasteiger partial charge in [-0.1, -0.05) is 23.7 Å². The molecule has 1 aliphatic rings. The van der Waals surface area contributed by atoms with E-state index in [1.807, 2.05) is 4.90 Å². The van der Waals surface area contributed by atoms with Gasteiger partial charge >= 0.3 is 5.97 Å². The minimum Gasteiger partial charge on any atom is -0.481 e. The molecule has 1 aromatic carbocycles. The number of nitrogens with zero attached hydrogens (tertiary/aromatic N) is 2. The Morgan fingerprint density at radius 2 is 2.04 bits per heavy atom. The maximum absolute atomic E-state index is 13.1. The zero-order chi connectivity index (χ0) is 17.2. The van der Waals surface area contributed by atoms with Crippen LogP contribution in [-0.2, 0) is 11.2 Å². The van der Waals surface area contributed by atoms with E-state index in [1.165, 1.54) is 12.1 Å². The second-order valence-electron chi connectivity index (χ2n) is 6.25. The molecule has 24 heavy (non-hydrogen) atoms. The molecule has 2 aromatic rings. The highest BCUT2D eigenvalue weighted by Crippen LogP contribution is 2.36. The second kappa shape index (κ2) is 6.77. The van der Waals surface area contributed by atoms with Crippen molar-refractivity contribution in [3.63, 3.8) is 0 Å². The lowest BCUT2D eigenvalue weighted by atomic mass is 9.75. The number of aliphatic carboxylic acids is 1. The average molecular weight is 349 g/mol. The van der Waals surface area contributed by atoms with Crippen LogP contribution in [0.2, 0.25) is 5.02 Å². The van der Waals surface area contributed by atoms with Gasteiger partial charge in [-0.25, -0.2) is 9.37 Å². The fraction of sp³-hybridized carbons (Fsp3) is 0.333. The fourth-order valence-electron chi connectivity index (χ4n) is 3.27. The lowest BCUT2D eigenvalue weighted by Crippen LogP contribution is -2.49. The van der Waals surface area contributed by atoms with Gasteiger partial charge in [-0.2, -0.15) is 0 Å². The van der Waals surface area contributed by atoms with E-state index in [1.54, 1.807) is 30.5 Å². The summed E-state index contributed by atoms with van der Waals surface area (Å²) in [5, 5.41) is 10.4. The van der Waals surface area contributed by atoms with Crippen molar-refractivity contribution in [3.05, 3.63) is 59.0 Å². The van der Waals surface area contributed by atoms with Crippen LogP contribution < -0.4 is 4.90 Å². The molecule has 0 bridgehead atoms. The zero-order valence-corrected chi connectivity index (χ0v) is 13.8. The molecule has 2 heterocycles. The van der Waals surface area contributed by atoms with E-state index in [9.17, 15) is 14.3 Å². The summed E-state index contributed by atoms with van der Waals surface area (Å²) >= 11 is 5.87. The first-order valence-electron chi connectivity index (χ1n) is 7.83. The molecule has 1 N–H and O–H groups in total. The summed E-state index contributed by atoms with van der Waals surface area (Å²) in [5.41, 5.74) is -0.0816. The fourth-order valence-corrected chi connectivity index (χ4v) is 3.38. The third-order valence-electron chi connectivity index (χ3n) is 4.52. The van der Waals surface area contributed by atoms with Crippen LogP contribution >= 0.6 is 11.6 Å². The number of halogens is 2. The Kier molecular flexibility index (Phi) is 4.71. The van der Waals surface area contributed by atoms with Crippen molar-refractivity contribution in [1.29, 1.82) is 0 Å². The van der Waals surface area contributed by atoms with Crippen LogP contribution in [0, 0.1) is 11.2 Å². The molecule has 0 spiro atoms. The van der Waals surface area contributed by atoms with E-state index < -0.39 is 11.4 Å². The quantitative estimate of drug-likeness (QED) is 0.913. The number of carboxylic acid groups (broad SMARTS) is 1. The summed E-state index contributed by atoms with van der Waals surface area (Å²) in [6.07, 6.45) is 3.28. The van der Waals surface area contributed by atoms with Crippen molar-refractivity contribution in [2.24, 2.45) is 5.41 Å². The summed E-state index contributed by atoms with van der Waals surface area (Å²) in [6.45, 7) is 1.13. The molecule has 1 saturated heterocycles. The number of hydrogen-bond donors (Lipinski definition) is 1. The van der Waals surface area contributed by atoms with Crippen molar-refractivity contribution in [1.82, 2.24) is 4.98 Å². The summed E-state index contributed by atoms with van der Waals surface area (Å²) in [4.78, 5) is 18.3. The van der Waals surface area contributed by atoms with Crippen molar-refractivity contribution in [3.8, 4) is 0 Å². The van der Waals surface area contributed by atoms with Crippen LogP contribution in [0.15, 0.2) is 42.6 Å². The van der Waals surface area contributed by atoms with Crippen LogP contribution in [0.3, 0.4) is 0 Å². The molecule has 0 saturated carbocycles. The first-order chi connectivity index (χ1) is 11.5. The summed E-state index contributed by atoms with van der Waals surface area (Å²) < 4.78 is 13.1. The van der Waals surface area contributed by atoms with Crippen LogP contribution in [0.25, 0.3) is 0 Å². The zero-order valence-electron chi connectivity index (χ0n) is 13.1. The molecule has 1 atom stereocenters. The predicted molar refractivity (Wildman–Crippen MR) is 90.9 cm³/mol. The van der Waals surface area contributed by atoms with Crippen molar-refractivity contribution < 1.29 is 14.3 Å². The predicted octanol–water partition coefficient (Wildman–Crippen LogP) is 3.79. The number of hydrogen-bond acceptors (Lipinski definition) is 3. The highest BCUT2D eigenvalue weighted by Gasteiger charge is 2.42. The molecule has 126 valence electrons. The van der Waals surface area contributed by atoms with Gasteiger partial charge in [0.1, 0.15) is 11.6 Å². The molecule has 0 unspecified atom stereocenters. The summed E-state index contributed by atoms with van der Waals surface area (Å²) in [6, 6.07) is 9.59. The Balaban J connectivity index is 1.84. The van der Waals surface area contributed by atoms with Gasteiger partial charge in [-0.05, 0) is 49.1 Å². The third kappa shape index (κ3) is 3.51. The first-order valence-corrected chi connectivity index (χ1v) is 8.21. The molecule has 4 nitrogen and oxygen atoms in total. The topological polar surface area (TPSA) is 53.4 Å². The maximum Gasteiger partial charge on any atom is 0.311 e. The molecule has 0 radical (unpaired) electrons. The smallest absolute Gasteiger partial charge is 0.311 e. The summed E-state index contributed by atoms with van der Waals surface area (Å²) in [5.74, 6) is -0.423. The average Bonchev–Trinajstić information content (AvgIpc) is 2.58. The Morgan fingerprint density at radius 3 is 2.67 bits per heavy atom. The number of benzene rings is 1. The molecule has 1 fully saturated rings. The number of pyridine rings is 1. The van der Waals surface area contributed by atoms with Gasteiger partial charge in [0.2, 0.25) is 0 Å². The normalized spacial score (nSPS) is 20.8. The van der Waals surface area contributed by atoms with Crippen molar-refractivity contribution >= 4 is 23.4 Å². The highest BCUT2D eigenvalue weighted by atomic mass is 35.5. The van der Waals surface area contributed by atoms with E-state index in [4.69, 9.17) is 11.6 Å². The third-order valence-corrected chi connectivity index (χ3v) is 4.75. The van der Waals surface area contributed by atoms with Gasteiger partial charge in [0.05, 0.1) is 10.4 Å². The minimum atomic E-state index is -0.905. The lowest BCUT2D eigenvalue weighted by molar-refractivity contribution is -0.149. The molecular weight excluding hydrogens is 331 g/mol. The van der Waals surface area contributed by atoms with Gasteiger partial charge in [-0.3, -0.25) is 4.79 Å². The maximum atomic E-state index is 13.1. The van der Waals surface area contributed by atoms with E-state index in [0.29, 0.717) is 24.4 Å². The molecule has 1 aliphatic heterocycles. The Labute approximate surface area is 144 Å². The minimum absolute atomic E-state index is 0.321. The van der Waals surface area contributed by atoms with Gasteiger partial charge in [0.25, 0.3) is 0 Å². The van der Waals surface area contributed by atoms with Crippen molar-refractivity contribution in [2.45, 2.75) is 19.3 Å². The number of aromatic nitrogens is 1. The second-order valence-corrected chi connectivity index (χ2v) is 6.68. The number of piperidine rings is 1. The van der Waals surface area contributed by atoms with Crippen LogP contribution in [0.1, 0.15) is 18.4 Å². The standard InChI is InChI=1S/C18H18ClFN2O2/c19-14-4-7-16(21-11-14)22-9-1-8-18(12-22,17(23)24)10-13-2-5-15(20)6-3-13/h2-7,11H,1,8-10,12H2,(H,23,24)/t18-/m0/s1. The highest BCUT2D eigenvalue weighted by molar-refractivity contribution is 6.30. The lowest BCUT2D eigenvalue weighted by Gasteiger charge is -2.40. The van der Waals surface area contributed by atoms with Gasteiger partial charge in [0.15, 0.2) is 0 Å². The van der Waals surface area contributed by atoms with Gasteiger partial charge in [0, 0.05) is 19.3 Å². The van der Waals surface area contributed by atoms with Gasteiger partial charge in [-0.15, -0.1) is 0 Å². The number of rotatable bonds is 4. The molecule has 0 amide bonds. The molecule has 3 rings (SSSR count). The number of carboxylic acids is 1. The van der Waals surface area contributed by atoms with E-state index in [0.717, 1.165) is 24.3 Å². The van der Waals surface area contributed by atoms with Gasteiger partial charge < -0.3 is 10.0 Å². The van der Waals surface area contributed by atoms with E-state index in [-0.39, 0.29) is 5.82 Å². The molecule has 1 aromatic heterocycles. The summed E-state index contributed by atoms with van der Waals surface area (Å²) in [7, 11) is 0. The SMILES string of the molecule is O=C(O)[C@]1(Cc2ccc(F)cc2)CCCN(c2ccc(Cl)cn2)C1. The molecule has 0 aliphatic carbocycles. The van der Waals surface area contributed by atoms with E-state index in [2.05, 4.69) is 4.98 Å². The molecule has 6 heteroatoms. The molecular formula is C18H18ClFN2O2. The number of carbonyl (C=O) groups is 1. The largest absolute Gasteiger partial charge is 0.481 e. The van der Waals surface area contributed by atoms with Crippen LogP contribution in [0.4, 0.5) is 10.2 Å². The monoisotopic (exact) mass is 348 g/mol. The van der Waals surface area contributed by atoms with Crippen LogP contribution in [0.5, 0.6) is 0 Å². The Bertz CT molecular complexity index is 721. The Hall–Kier alpha value is -2.14. The van der Waals surface area contributed by atoms with Crippen LogP contribution in [-0.4, -0.2) is 29.1 Å². The van der Waals surface area contributed by atoms with E-state index >= 15 is 0 Å². The first kappa shape index (κ1) is 16.7. The Morgan fingerprint density at radius 1 is 1.29 bits per heavy atom. The van der Waals surface area contributed by atoms with Crippen molar-refractivity contribution in [2.75, 3.05) is 18.0 Å².